The highest BCUT2D eigenvalue weighted by atomic mass is 16.4. The Hall–Kier alpha value is -3.67. The predicted octanol–water partition coefficient (Wildman–Crippen LogP) is -2.07. The minimum absolute atomic E-state index is 0.0630. The third-order valence-electron chi connectivity index (χ3n) is 4.51. The summed E-state index contributed by atoms with van der Waals surface area (Å²) in [6.07, 6.45) is 0.455. The molecule has 3 amide bonds. The van der Waals surface area contributed by atoms with Gasteiger partial charge in [0.15, 0.2) is 5.96 Å². The number of hydrogen-bond acceptors (Lipinski definition) is 6. The van der Waals surface area contributed by atoms with E-state index in [-0.39, 0.29) is 31.6 Å². The van der Waals surface area contributed by atoms with Crippen LogP contribution in [0, 0.1) is 0 Å². The molecule has 1 aromatic rings. The van der Waals surface area contributed by atoms with Crippen molar-refractivity contribution in [2.75, 3.05) is 6.54 Å². The van der Waals surface area contributed by atoms with Crippen LogP contribution in [-0.2, 0) is 25.6 Å². The predicted molar refractivity (Wildman–Crippen MR) is 118 cm³/mol. The van der Waals surface area contributed by atoms with Crippen LogP contribution in [0.5, 0.6) is 0 Å². The van der Waals surface area contributed by atoms with E-state index in [9.17, 15) is 24.3 Å². The summed E-state index contributed by atoms with van der Waals surface area (Å²) in [5.74, 6) is -3.36. The van der Waals surface area contributed by atoms with Gasteiger partial charge in [0.2, 0.25) is 17.7 Å². The van der Waals surface area contributed by atoms with E-state index in [1.54, 1.807) is 30.3 Å². The normalized spacial score (nSPS) is 13.3. The average Bonchev–Trinajstić information content (AvgIpc) is 2.73. The van der Waals surface area contributed by atoms with Crippen molar-refractivity contribution in [1.29, 1.82) is 0 Å². The van der Waals surface area contributed by atoms with Crippen LogP contribution in [-0.4, -0.2) is 59.4 Å². The highest BCUT2D eigenvalue weighted by molar-refractivity contribution is 5.92. The zero-order valence-electron chi connectivity index (χ0n) is 17.7. The summed E-state index contributed by atoms with van der Waals surface area (Å²) in [6, 6.07) is 5.55. The van der Waals surface area contributed by atoms with Crippen LogP contribution in [0.1, 0.15) is 31.2 Å². The number of carbonyl (C=O) groups excluding carboxylic acids is 3. The molecular formula is C20H31N7O5. The minimum Gasteiger partial charge on any atom is -0.480 e. The highest BCUT2D eigenvalue weighted by Crippen LogP contribution is 2.06. The Bertz CT molecular complexity index is 812. The van der Waals surface area contributed by atoms with Crippen LogP contribution >= 0.6 is 0 Å². The maximum absolute atomic E-state index is 12.8. The molecule has 0 heterocycles. The first-order valence-corrected chi connectivity index (χ1v) is 10.1. The summed E-state index contributed by atoms with van der Waals surface area (Å²) in [5, 5.41) is 14.3. The summed E-state index contributed by atoms with van der Waals surface area (Å²) >= 11 is 0. The fraction of sp³-hybridized carbons (Fsp3) is 0.450. The van der Waals surface area contributed by atoms with Gasteiger partial charge in [-0.1, -0.05) is 30.3 Å². The lowest BCUT2D eigenvalue weighted by Crippen LogP contribution is -2.55. The number of guanidine groups is 1. The zero-order valence-corrected chi connectivity index (χ0v) is 17.7. The van der Waals surface area contributed by atoms with Gasteiger partial charge in [-0.2, -0.15) is 0 Å². The summed E-state index contributed by atoms with van der Waals surface area (Å²) in [5.41, 5.74) is 22.2. The molecule has 3 atom stereocenters. The van der Waals surface area contributed by atoms with E-state index in [1.165, 1.54) is 0 Å². The Kier molecular flexibility index (Phi) is 11.2. The van der Waals surface area contributed by atoms with Crippen LogP contribution in [0.3, 0.4) is 0 Å². The van der Waals surface area contributed by atoms with Crippen molar-refractivity contribution < 1.29 is 24.3 Å². The molecule has 11 N–H and O–H groups in total. The third-order valence-corrected chi connectivity index (χ3v) is 4.51. The lowest BCUT2D eigenvalue weighted by Gasteiger charge is -2.23. The first-order chi connectivity index (χ1) is 15.1. The summed E-state index contributed by atoms with van der Waals surface area (Å²) in [4.78, 5) is 51.6. The van der Waals surface area contributed by atoms with Crippen LogP contribution in [0.4, 0.5) is 0 Å². The Morgan fingerprint density at radius 2 is 1.56 bits per heavy atom. The molecular weight excluding hydrogens is 418 g/mol. The number of carbonyl (C=O) groups is 4. The second kappa shape index (κ2) is 13.6. The molecule has 0 saturated carbocycles. The van der Waals surface area contributed by atoms with Crippen molar-refractivity contribution in [2.24, 2.45) is 27.9 Å². The van der Waals surface area contributed by atoms with Gasteiger partial charge in [0.25, 0.3) is 0 Å². The van der Waals surface area contributed by atoms with Gasteiger partial charge in [-0.3, -0.25) is 19.4 Å². The maximum atomic E-state index is 12.8. The number of aliphatic imine (C=N–C) groups is 1. The van der Waals surface area contributed by atoms with Gasteiger partial charge in [0.1, 0.15) is 12.1 Å². The number of amides is 3. The summed E-state index contributed by atoms with van der Waals surface area (Å²) in [7, 11) is 0. The highest BCUT2D eigenvalue weighted by Gasteiger charge is 2.28. The number of primary amides is 1. The monoisotopic (exact) mass is 449 g/mol. The van der Waals surface area contributed by atoms with E-state index in [4.69, 9.17) is 22.9 Å². The van der Waals surface area contributed by atoms with Crippen LogP contribution in [0.25, 0.3) is 0 Å². The number of rotatable bonds is 14. The Morgan fingerprint density at radius 3 is 2.12 bits per heavy atom. The van der Waals surface area contributed by atoms with Crippen molar-refractivity contribution in [2.45, 2.75) is 50.2 Å². The van der Waals surface area contributed by atoms with Gasteiger partial charge >= 0.3 is 5.97 Å². The summed E-state index contributed by atoms with van der Waals surface area (Å²) in [6.45, 7) is 0.303. The number of nitrogens with zero attached hydrogens (tertiary/aromatic N) is 1. The van der Waals surface area contributed by atoms with E-state index in [0.717, 1.165) is 5.56 Å². The first kappa shape index (κ1) is 26.4. The van der Waals surface area contributed by atoms with Crippen LogP contribution in [0.15, 0.2) is 35.3 Å². The minimum atomic E-state index is -1.33. The zero-order chi connectivity index (χ0) is 24.1. The third kappa shape index (κ3) is 10.4. The molecule has 0 saturated heterocycles. The molecule has 0 spiro atoms. The lowest BCUT2D eigenvalue weighted by molar-refractivity contribution is -0.142. The Morgan fingerprint density at radius 1 is 0.938 bits per heavy atom. The van der Waals surface area contributed by atoms with Crippen molar-refractivity contribution in [3.8, 4) is 0 Å². The Labute approximate surface area is 185 Å². The fourth-order valence-corrected chi connectivity index (χ4v) is 2.80. The molecule has 0 aromatic heterocycles. The van der Waals surface area contributed by atoms with Gasteiger partial charge in [-0.15, -0.1) is 0 Å². The number of aliphatic carboxylic acids is 1. The van der Waals surface area contributed by atoms with Gasteiger partial charge in [0, 0.05) is 19.4 Å². The molecule has 0 fully saturated rings. The molecule has 32 heavy (non-hydrogen) atoms. The largest absolute Gasteiger partial charge is 0.480 e. The quantitative estimate of drug-likeness (QED) is 0.0945. The van der Waals surface area contributed by atoms with E-state index >= 15 is 0 Å². The van der Waals surface area contributed by atoms with Crippen LogP contribution in [0.2, 0.25) is 0 Å². The van der Waals surface area contributed by atoms with Crippen molar-refractivity contribution in [3.05, 3.63) is 35.9 Å². The fourth-order valence-electron chi connectivity index (χ4n) is 2.80. The second-order valence-electron chi connectivity index (χ2n) is 7.21. The molecule has 3 unspecified atom stereocenters. The molecule has 0 bridgehead atoms. The number of nitrogens with two attached hydrogens (primary N) is 4. The van der Waals surface area contributed by atoms with Crippen molar-refractivity contribution in [3.63, 3.8) is 0 Å². The number of nitrogens with one attached hydrogen (secondary N) is 2. The van der Waals surface area contributed by atoms with Gasteiger partial charge in [0.05, 0.1) is 6.04 Å². The molecule has 0 aliphatic rings. The molecule has 12 nitrogen and oxygen atoms in total. The number of carboxylic acid groups (broad SMARTS) is 1. The molecule has 0 aliphatic carbocycles. The van der Waals surface area contributed by atoms with E-state index < -0.39 is 41.8 Å². The van der Waals surface area contributed by atoms with Crippen LogP contribution < -0.4 is 33.6 Å². The number of carboxylic acids is 1. The SMILES string of the molecule is NC(=O)CCC(NC(=O)C(Cc1ccccc1)NC(=O)C(N)CCCN=C(N)N)C(=O)O. The Balaban J connectivity index is 2.85. The standard InChI is InChI=1S/C20H31N7O5/c21-13(7-4-10-25-20(23)24)17(29)27-15(11-12-5-2-1-3-6-12)18(30)26-14(19(31)32)8-9-16(22)28/h1-3,5-6,13-15H,4,7-11,21H2,(H2,22,28)(H,26,30)(H,27,29)(H,31,32)(H4,23,24,25). The molecule has 0 radical (unpaired) electrons. The van der Waals surface area contributed by atoms with Crippen molar-refractivity contribution >= 4 is 29.7 Å². The molecule has 1 aromatic carbocycles. The number of benzene rings is 1. The van der Waals surface area contributed by atoms with Gasteiger partial charge in [-0.05, 0) is 24.8 Å². The lowest BCUT2D eigenvalue weighted by atomic mass is 10.0. The average molecular weight is 450 g/mol. The van der Waals surface area contributed by atoms with E-state index in [2.05, 4.69) is 15.6 Å². The topological polar surface area (TPSA) is 229 Å². The smallest absolute Gasteiger partial charge is 0.326 e. The van der Waals surface area contributed by atoms with Gasteiger partial charge < -0.3 is 38.7 Å². The number of hydrogen-bond donors (Lipinski definition) is 7. The van der Waals surface area contributed by atoms with Gasteiger partial charge in [-0.25, -0.2) is 4.79 Å². The van der Waals surface area contributed by atoms with E-state index in [1.807, 2.05) is 0 Å². The molecule has 12 heteroatoms. The molecule has 176 valence electrons. The summed E-state index contributed by atoms with van der Waals surface area (Å²) < 4.78 is 0. The van der Waals surface area contributed by atoms with Crippen molar-refractivity contribution in [1.82, 2.24) is 10.6 Å². The molecule has 0 aliphatic heterocycles. The maximum Gasteiger partial charge on any atom is 0.326 e. The second-order valence-corrected chi connectivity index (χ2v) is 7.21. The van der Waals surface area contributed by atoms with E-state index in [0.29, 0.717) is 13.0 Å². The first-order valence-electron chi connectivity index (χ1n) is 10.1. The molecule has 1 rings (SSSR count).